The van der Waals surface area contributed by atoms with Crippen LogP contribution in [0.15, 0.2) is 35.6 Å². The predicted octanol–water partition coefficient (Wildman–Crippen LogP) is 3.41. The number of nitrogens with two attached hydrogens (primary N) is 2. The predicted molar refractivity (Wildman–Crippen MR) is 166 cm³/mol. The number of halogens is 2. The number of H-pyrrole nitrogens is 1. The van der Waals surface area contributed by atoms with Crippen molar-refractivity contribution in [1.82, 2.24) is 29.1 Å². The first-order valence-electron chi connectivity index (χ1n) is 13.2. The van der Waals surface area contributed by atoms with Gasteiger partial charge in [0.05, 0.1) is 24.8 Å². The Morgan fingerprint density at radius 1 is 1.00 bits per heavy atom. The SMILES string of the molecule is Nc1nc2c(ncn2[C@@H]2S[C@@H]3COP(=O)(S)O[C@H]4[C@H](F)[C@H](n5ccc6c(N)ccnc65)O[C@@H]4COP(=O)(S)O[C@@H]2[C@@H]3F)c(=O)[nH]1. The van der Waals surface area contributed by atoms with Gasteiger partial charge < -0.3 is 20.8 Å². The summed E-state index contributed by atoms with van der Waals surface area (Å²) in [6.45, 7) is -9.97. The summed E-state index contributed by atoms with van der Waals surface area (Å²) in [5.41, 5.74) is 11.7. The van der Waals surface area contributed by atoms with Crippen molar-refractivity contribution in [2.45, 2.75) is 47.5 Å². The van der Waals surface area contributed by atoms with Crippen LogP contribution in [-0.4, -0.2) is 78.2 Å². The smallest absolute Gasteiger partial charge is 0.386 e. The number of imidazole rings is 1. The Labute approximate surface area is 266 Å². The zero-order valence-corrected chi connectivity index (χ0v) is 26.9. The Kier molecular flexibility index (Phi) is 8.03. The molecule has 0 radical (unpaired) electrons. The molecule has 5 N–H and O–H groups in total. The molecule has 3 aliphatic heterocycles. The minimum atomic E-state index is -4.41. The van der Waals surface area contributed by atoms with Crippen LogP contribution in [0.3, 0.4) is 0 Å². The van der Waals surface area contributed by atoms with Gasteiger partial charge in [-0.25, -0.2) is 27.9 Å². The first-order chi connectivity index (χ1) is 21.3. The molecule has 7 heterocycles. The highest BCUT2D eigenvalue weighted by molar-refractivity contribution is 8.44. The maximum Gasteiger partial charge on any atom is 0.386 e. The average molecular weight is 725 g/mol. The van der Waals surface area contributed by atoms with Crippen molar-refractivity contribution < 1.29 is 40.7 Å². The number of ether oxygens (including phenoxy) is 1. The lowest BCUT2D eigenvalue weighted by Crippen LogP contribution is -2.33. The van der Waals surface area contributed by atoms with Gasteiger partial charge in [0.25, 0.3) is 5.56 Å². The molecule has 45 heavy (non-hydrogen) atoms. The monoisotopic (exact) mass is 724 g/mol. The molecule has 0 aliphatic carbocycles. The highest BCUT2D eigenvalue weighted by atomic mass is 32.7. The van der Waals surface area contributed by atoms with Crippen LogP contribution in [0.1, 0.15) is 11.6 Å². The van der Waals surface area contributed by atoms with Crippen LogP contribution < -0.4 is 17.0 Å². The topological polar surface area (TPSA) is 214 Å². The summed E-state index contributed by atoms with van der Waals surface area (Å²) in [6, 6.07) is 3.21. The van der Waals surface area contributed by atoms with Crippen LogP contribution in [0.2, 0.25) is 0 Å². The number of aromatic amines is 1. The normalized spacial score (nSPS) is 37.7. The van der Waals surface area contributed by atoms with E-state index in [4.69, 9.17) is 34.3 Å². The molecule has 3 aliphatic rings. The maximum absolute atomic E-state index is 16.0. The van der Waals surface area contributed by atoms with Gasteiger partial charge in [0.2, 0.25) is 5.95 Å². The van der Waals surface area contributed by atoms with E-state index in [2.05, 4.69) is 44.4 Å². The largest absolute Gasteiger partial charge is 0.398 e. The second kappa shape index (κ2) is 11.5. The molecule has 3 saturated heterocycles. The summed E-state index contributed by atoms with van der Waals surface area (Å²) in [6.07, 6.45) is -5.53. The third-order valence-corrected chi connectivity index (χ3v) is 12.2. The van der Waals surface area contributed by atoms with E-state index in [0.717, 1.165) is 11.8 Å². The third-order valence-electron chi connectivity index (χ3n) is 7.49. The molecule has 2 bridgehead atoms. The number of thiol groups is 2. The third kappa shape index (κ3) is 5.70. The Morgan fingerprint density at radius 3 is 2.51 bits per heavy atom. The molecule has 0 spiro atoms. The van der Waals surface area contributed by atoms with Crippen LogP contribution in [-0.2, 0) is 32.0 Å². The number of hydrogen-bond acceptors (Lipinski definition) is 14. The fourth-order valence-electron chi connectivity index (χ4n) is 5.46. The summed E-state index contributed by atoms with van der Waals surface area (Å²) in [7, 11) is 0. The number of nitrogen functional groups attached to an aromatic ring is 2. The quantitative estimate of drug-likeness (QED) is 0.148. The molecule has 23 heteroatoms. The molecule has 0 aromatic carbocycles. The van der Waals surface area contributed by atoms with Crippen LogP contribution in [0.4, 0.5) is 20.4 Å². The highest BCUT2D eigenvalue weighted by Gasteiger charge is 2.54. The Hall–Kier alpha value is -2.19. The lowest BCUT2D eigenvalue weighted by Gasteiger charge is -2.26. The summed E-state index contributed by atoms with van der Waals surface area (Å²) in [5, 5.41) is -1.61. The fourth-order valence-corrected chi connectivity index (χ4v) is 10.1. The van der Waals surface area contributed by atoms with E-state index < -0.39 is 79.9 Å². The number of pyridine rings is 1. The first-order valence-corrected chi connectivity index (χ1v) is 19.5. The van der Waals surface area contributed by atoms with E-state index in [-0.39, 0.29) is 17.1 Å². The van der Waals surface area contributed by atoms with Gasteiger partial charge in [-0.2, -0.15) is 4.98 Å². The van der Waals surface area contributed by atoms with Crippen LogP contribution in [0.25, 0.3) is 22.2 Å². The number of nitrogens with one attached hydrogen (secondary N) is 1. The first kappa shape index (κ1) is 31.4. The maximum atomic E-state index is 16.0. The second-order valence-electron chi connectivity index (χ2n) is 10.3. The second-order valence-corrected chi connectivity index (χ2v) is 17.4. The molecule has 4 aromatic heterocycles. The summed E-state index contributed by atoms with van der Waals surface area (Å²) >= 11 is 8.99. The van der Waals surface area contributed by atoms with Crippen molar-refractivity contribution in [1.29, 1.82) is 0 Å². The van der Waals surface area contributed by atoms with E-state index in [1.165, 1.54) is 27.9 Å². The molecule has 10 atom stereocenters. The lowest BCUT2D eigenvalue weighted by molar-refractivity contribution is -0.0417. The summed E-state index contributed by atoms with van der Waals surface area (Å²) < 4.78 is 89.6. The van der Waals surface area contributed by atoms with Gasteiger partial charge in [-0.3, -0.25) is 32.4 Å². The summed E-state index contributed by atoms with van der Waals surface area (Å²) in [4.78, 5) is 27.1. The lowest BCUT2D eigenvalue weighted by atomic mass is 10.1. The number of anilines is 2. The standard InChI is InChI=1S/C22H24F2N8O8P2S3/c23-12-11-6-37-42(35,44)39-15-10(38-20(13(15)24)31-4-2-8-9(25)1-3-27-17(8)31)5-36-41(34,43)40-16(12)21(45-11)32-7-28-14-18(32)29-22(26)30-19(14)33/h1-4,7,10-13,15-16,20-21H,5-6H2,(H2,25,27)(H,34,43)(H,35,44)(H3,26,29,30,33)/t10-,11-,12-,13+,15-,16-,20-,21-,41?,42?/m1/s1. The molecular weight excluding hydrogens is 700 g/mol. The minimum Gasteiger partial charge on any atom is -0.398 e. The van der Waals surface area contributed by atoms with Crippen molar-refractivity contribution in [2.24, 2.45) is 0 Å². The van der Waals surface area contributed by atoms with Crippen LogP contribution >= 0.6 is 49.9 Å². The number of nitrogens with zero attached hydrogens (tertiary/aromatic N) is 5. The zero-order chi connectivity index (χ0) is 31.8. The molecule has 3 fully saturated rings. The fraction of sp³-hybridized carbons (Fsp3) is 0.455. The van der Waals surface area contributed by atoms with E-state index in [1.807, 2.05) is 0 Å². The number of aromatic nitrogens is 6. The molecule has 0 amide bonds. The Balaban J connectivity index is 1.21. The van der Waals surface area contributed by atoms with Crippen molar-refractivity contribution in [2.75, 3.05) is 24.7 Å². The average Bonchev–Trinajstić information content (AvgIpc) is 3.72. The Bertz CT molecular complexity index is 1950. The van der Waals surface area contributed by atoms with Crippen molar-refractivity contribution in [3.63, 3.8) is 0 Å². The van der Waals surface area contributed by atoms with E-state index in [9.17, 15) is 13.9 Å². The van der Waals surface area contributed by atoms with E-state index >= 15 is 8.78 Å². The number of thioether (sulfide) groups is 1. The molecular formula is C22H24F2N8O8P2S3. The molecule has 242 valence electrons. The van der Waals surface area contributed by atoms with Crippen molar-refractivity contribution in [3.05, 3.63) is 41.2 Å². The molecule has 2 unspecified atom stereocenters. The number of hydrogen-bond donors (Lipinski definition) is 5. The van der Waals surface area contributed by atoms with Gasteiger partial charge in [-0.1, -0.05) is 24.5 Å². The van der Waals surface area contributed by atoms with E-state index in [1.54, 1.807) is 12.1 Å². The number of alkyl halides is 2. The van der Waals surface area contributed by atoms with Crippen molar-refractivity contribution in [3.8, 4) is 0 Å². The van der Waals surface area contributed by atoms with Crippen LogP contribution in [0, 0.1) is 0 Å². The van der Waals surface area contributed by atoms with E-state index in [0.29, 0.717) is 16.7 Å². The molecule has 4 aromatic rings. The van der Waals surface area contributed by atoms with Gasteiger partial charge in [-0.15, -0.1) is 11.8 Å². The van der Waals surface area contributed by atoms with Crippen LogP contribution in [0.5, 0.6) is 0 Å². The molecule has 16 nitrogen and oxygen atoms in total. The number of fused-ring (bicyclic) bond motifs is 5. The van der Waals surface area contributed by atoms with Gasteiger partial charge >= 0.3 is 13.6 Å². The van der Waals surface area contributed by atoms with Gasteiger partial charge in [0.15, 0.2) is 23.6 Å². The highest BCUT2D eigenvalue weighted by Crippen LogP contribution is 2.62. The summed E-state index contributed by atoms with van der Waals surface area (Å²) in [5.74, 6) is -0.215. The van der Waals surface area contributed by atoms with Gasteiger partial charge in [0.1, 0.15) is 35.5 Å². The Morgan fingerprint density at radius 2 is 1.73 bits per heavy atom. The number of rotatable bonds is 2. The minimum absolute atomic E-state index is 0.00589. The zero-order valence-electron chi connectivity index (χ0n) is 22.5. The van der Waals surface area contributed by atoms with Gasteiger partial charge in [-0.05, 0) is 12.1 Å². The van der Waals surface area contributed by atoms with Gasteiger partial charge in [0, 0.05) is 23.5 Å². The molecule has 0 saturated carbocycles. The molecule has 7 rings (SSSR count). The van der Waals surface area contributed by atoms with Crippen molar-refractivity contribution >= 4 is 83.7 Å².